The van der Waals surface area contributed by atoms with Crippen LogP contribution in [-0.4, -0.2) is 22.1 Å². The maximum absolute atomic E-state index is 12.2. The highest BCUT2D eigenvalue weighted by molar-refractivity contribution is 5.78. The van der Waals surface area contributed by atoms with E-state index >= 15 is 0 Å². The first-order valence-corrected chi connectivity index (χ1v) is 7.21. The summed E-state index contributed by atoms with van der Waals surface area (Å²) in [5.41, 5.74) is 2.58. The van der Waals surface area contributed by atoms with Crippen molar-refractivity contribution in [3.05, 3.63) is 30.1 Å². The molecule has 1 aliphatic rings. The van der Waals surface area contributed by atoms with Gasteiger partial charge in [0.05, 0.1) is 29.8 Å². The third-order valence-electron chi connectivity index (χ3n) is 3.85. The van der Waals surface area contributed by atoms with E-state index < -0.39 is 24.9 Å². The van der Waals surface area contributed by atoms with E-state index in [9.17, 15) is 18.0 Å². The average Bonchev–Trinajstić information content (AvgIpc) is 3.18. The molecule has 1 atom stereocenters. The van der Waals surface area contributed by atoms with Gasteiger partial charge in [-0.2, -0.15) is 13.2 Å². The van der Waals surface area contributed by atoms with E-state index in [-0.39, 0.29) is 6.04 Å². The molecular weight excluding hydrogens is 295 g/mol. The SMILES string of the molecule is O=C(CCC(F)(F)F)N[C@H](c1ccc2nc[nH]c2c1)C1CC1. The molecule has 0 bridgehead atoms. The minimum Gasteiger partial charge on any atom is -0.349 e. The fourth-order valence-electron chi connectivity index (χ4n) is 2.55. The molecule has 1 fully saturated rings. The number of carbonyl (C=O) groups is 1. The normalized spacial score (nSPS) is 16.7. The number of nitrogens with zero attached hydrogens (tertiary/aromatic N) is 1. The van der Waals surface area contributed by atoms with E-state index in [2.05, 4.69) is 15.3 Å². The number of rotatable bonds is 5. The summed E-state index contributed by atoms with van der Waals surface area (Å²) in [5.74, 6) is -0.255. The smallest absolute Gasteiger partial charge is 0.349 e. The van der Waals surface area contributed by atoms with Crippen molar-refractivity contribution >= 4 is 16.9 Å². The van der Waals surface area contributed by atoms with E-state index in [0.717, 1.165) is 29.4 Å². The third-order valence-corrected chi connectivity index (χ3v) is 3.85. The van der Waals surface area contributed by atoms with Crippen molar-refractivity contribution < 1.29 is 18.0 Å². The van der Waals surface area contributed by atoms with Crippen LogP contribution in [0.1, 0.15) is 37.3 Å². The number of imidazole rings is 1. The molecule has 0 unspecified atom stereocenters. The minimum absolute atomic E-state index is 0.228. The van der Waals surface area contributed by atoms with Gasteiger partial charge in [-0.1, -0.05) is 6.07 Å². The number of aromatic nitrogens is 2. The van der Waals surface area contributed by atoms with Gasteiger partial charge in [0.2, 0.25) is 5.91 Å². The first-order valence-electron chi connectivity index (χ1n) is 7.21. The van der Waals surface area contributed by atoms with Crippen LogP contribution in [0.2, 0.25) is 0 Å². The predicted molar refractivity (Wildman–Crippen MR) is 75.0 cm³/mol. The molecule has 1 saturated carbocycles. The van der Waals surface area contributed by atoms with Crippen molar-refractivity contribution in [2.75, 3.05) is 0 Å². The Balaban J connectivity index is 1.71. The summed E-state index contributed by atoms with van der Waals surface area (Å²) in [4.78, 5) is 18.9. The van der Waals surface area contributed by atoms with Crippen LogP contribution in [0.15, 0.2) is 24.5 Å². The van der Waals surface area contributed by atoms with Gasteiger partial charge in [-0.25, -0.2) is 4.98 Å². The molecule has 22 heavy (non-hydrogen) atoms. The number of benzene rings is 1. The summed E-state index contributed by atoms with van der Waals surface area (Å²) in [6.07, 6.45) is -2.38. The van der Waals surface area contributed by atoms with Gasteiger partial charge in [-0.15, -0.1) is 0 Å². The van der Waals surface area contributed by atoms with Crippen LogP contribution in [0.5, 0.6) is 0 Å². The largest absolute Gasteiger partial charge is 0.389 e. The van der Waals surface area contributed by atoms with Gasteiger partial charge in [0.25, 0.3) is 0 Å². The molecule has 0 saturated heterocycles. The molecule has 0 aliphatic heterocycles. The summed E-state index contributed by atoms with van der Waals surface area (Å²) < 4.78 is 36.6. The molecular formula is C15H16F3N3O. The van der Waals surface area contributed by atoms with E-state index in [0.29, 0.717) is 5.92 Å². The maximum atomic E-state index is 12.2. The Morgan fingerprint density at radius 1 is 1.41 bits per heavy atom. The van der Waals surface area contributed by atoms with Crippen LogP contribution in [0.25, 0.3) is 11.0 Å². The number of fused-ring (bicyclic) bond motifs is 1. The quantitative estimate of drug-likeness (QED) is 0.888. The zero-order valence-corrected chi connectivity index (χ0v) is 11.8. The Bertz CT molecular complexity index is 676. The topological polar surface area (TPSA) is 57.8 Å². The van der Waals surface area contributed by atoms with Crippen molar-refractivity contribution in [2.24, 2.45) is 5.92 Å². The van der Waals surface area contributed by atoms with E-state index in [4.69, 9.17) is 0 Å². The molecule has 1 aromatic heterocycles. The molecule has 2 N–H and O–H groups in total. The molecule has 118 valence electrons. The molecule has 1 aliphatic carbocycles. The van der Waals surface area contributed by atoms with Crippen molar-refractivity contribution in [3.63, 3.8) is 0 Å². The van der Waals surface area contributed by atoms with Crippen molar-refractivity contribution in [1.29, 1.82) is 0 Å². The second kappa shape index (κ2) is 5.62. The number of amides is 1. The Hall–Kier alpha value is -2.05. The van der Waals surface area contributed by atoms with E-state index in [1.54, 1.807) is 6.33 Å². The van der Waals surface area contributed by atoms with Gasteiger partial charge in [0, 0.05) is 6.42 Å². The Labute approximate surface area is 125 Å². The number of alkyl halides is 3. The molecule has 2 aromatic rings. The van der Waals surface area contributed by atoms with Crippen LogP contribution in [0.3, 0.4) is 0 Å². The number of aromatic amines is 1. The fraction of sp³-hybridized carbons (Fsp3) is 0.467. The third kappa shape index (κ3) is 3.58. The second-order valence-corrected chi connectivity index (χ2v) is 5.68. The van der Waals surface area contributed by atoms with Crippen molar-refractivity contribution in [1.82, 2.24) is 15.3 Å². The first kappa shape index (κ1) is 14.9. The van der Waals surface area contributed by atoms with Crippen molar-refractivity contribution in [3.8, 4) is 0 Å². The zero-order chi connectivity index (χ0) is 15.7. The second-order valence-electron chi connectivity index (χ2n) is 5.68. The van der Waals surface area contributed by atoms with Crippen LogP contribution in [0.4, 0.5) is 13.2 Å². The molecule has 7 heteroatoms. The monoisotopic (exact) mass is 311 g/mol. The standard InChI is InChI=1S/C15H16F3N3O/c16-15(17,18)6-5-13(22)21-14(9-1-2-9)10-3-4-11-12(7-10)20-8-19-11/h3-4,7-9,14H,1-2,5-6H2,(H,19,20)(H,21,22)/t14-/m0/s1. The lowest BCUT2D eigenvalue weighted by Gasteiger charge is -2.19. The number of halogens is 3. The fourth-order valence-corrected chi connectivity index (χ4v) is 2.55. The lowest BCUT2D eigenvalue weighted by Crippen LogP contribution is -2.30. The van der Waals surface area contributed by atoms with Crippen LogP contribution < -0.4 is 5.32 Å². The van der Waals surface area contributed by atoms with Gasteiger partial charge >= 0.3 is 6.18 Å². The number of hydrogen-bond acceptors (Lipinski definition) is 2. The van der Waals surface area contributed by atoms with Crippen molar-refractivity contribution in [2.45, 2.75) is 37.9 Å². The van der Waals surface area contributed by atoms with Gasteiger partial charge in [-0.3, -0.25) is 4.79 Å². The Kier molecular flexibility index (Phi) is 3.80. The zero-order valence-electron chi connectivity index (χ0n) is 11.8. The predicted octanol–water partition coefficient (Wildman–Crippen LogP) is 3.47. The molecule has 0 radical (unpaired) electrons. The number of H-pyrrole nitrogens is 1. The minimum atomic E-state index is -4.30. The van der Waals surface area contributed by atoms with Crippen LogP contribution in [-0.2, 0) is 4.79 Å². The van der Waals surface area contributed by atoms with Gasteiger partial charge in [0.15, 0.2) is 0 Å². The van der Waals surface area contributed by atoms with Gasteiger partial charge in [0.1, 0.15) is 0 Å². The highest BCUT2D eigenvalue weighted by Crippen LogP contribution is 2.41. The summed E-state index contributed by atoms with van der Waals surface area (Å²) in [5, 5.41) is 2.75. The Morgan fingerprint density at radius 3 is 2.86 bits per heavy atom. The number of hydrogen-bond donors (Lipinski definition) is 2. The summed E-state index contributed by atoms with van der Waals surface area (Å²) in [6.45, 7) is 0. The van der Waals surface area contributed by atoms with Gasteiger partial charge in [-0.05, 0) is 36.5 Å². The van der Waals surface area contributed by atoms with E-state index in [1.165, 1.54) is 0 Å². The number of carbonyl (C=O) groups excluding carboxylic acids is 1. The van der Waals surface area contributed by atoms with E-state index in [1.807, 2.05) is 18.2 Å². The maximum Gasteiger partial charge on any atom is 0.389 e. The summed E-state index contributed by atoms with van der Waals surface area (Å²) in [6, 6.07) is 5.39. The molecule has 3 rings (SSSR count). The molecule has 0 spiro atoms. The molecule has 1 heterocycles. The summed E-state index contributed by atoms with van der Waals surface area (Å²) in [7, 11) is 0. The first-order chi connectivity index (χ1) is 10.4. The van der Waals surface area contributed by atoms with Gasteiger partial charge < -0.3 is 10.3 Å². The lowest BCUT2D eigenvalue weighted by atomic mass is 10.0. The lowest BCUT2D eigenvalue weighted by molar-refractivity contribution is -0.144. The highest BCUT2D eigenvalue weighted by Gasteiger charge is 2.34. The average molecular weight is 311 g/mol. The van der Waals surface area contributed by atoms with Crippen LogP contribution >= 0.6 is 0 Å². The highest BCUT2D eigenvalue weighted by atomic mass is 19.4. The Morgan fingerprint density at radius 2 is 2.18 bits per heavy atom. The summed E-state index contributed by atoms with van der Waals surface area (Å²) >= 11 is 0. The molecule has 1 aromatic carbocycles. The van der Waals surface area contributed by atoms with Crippen LogP contribution in [0, 0.1) is 5.92 Å². The molecule has 1 amide bonds. The number of nitrogens with one attached hydrogen (secondary N) is 2. The molecule has 4 nitrogen and oxygen atoms in total.